The third kappa shape index (κ3) is 8.40. The zero-order valence-electron chi connectivity index (χ0n) is 15.5. The molecule has 0 spiro atoms. The van der Waals surface area contributed by atoms with Crippen LogP contribution in [-0.2, 0) is 11.2 Å². The number of carbonyl (C=O) groups excluding carboxylic acids is 1. The van der Waals surface area contributed by atoms with E-state index in [1.807, 2.05) is 42.5 Å². The minimum Gasteiger partial charge on any atom is -0.494 e. The fourth-order valence-electron chi connectivity index (χ4n) is 2.70. The second kappa shape index (κ2) is 11.7. The van der Waals surface area contributed by atoms with Crippen molar-refractivity contribution < 1.29 is 19.4 Å². The van der Waals surface area contributed by atoms with E-state index in [0.29, 0.717) is 5.56 Å². The Kier molecular flexibility index (Phi) is 8.90. The summed E-state index contributed by atoms with van der Waals surface area (Å²) in [4.78, 5) is 22.3. The zero-order valence-corrected chi connectivity index (χ0v) is 15.5. The van der Waals surface area contributed by atoms with Crippen molar-refractivity contribution in [2.45, 2.75) is 38.5 Å². The molecular formula is C22H27NO4. The smallest absolute Gasteiger partial charge is 0.305 e. The molecule has 2 rings (SSSR count). The van der Waals surface area contributed by atoms with Crippen LogP contribution in [0.2, 0.25) is 0 Å². The summed E-state index contributed by atoms with van der Waals surface area (Å²) in [7, 11) is 0. The number of nitrogens with one attached hydrogen (secondary N) is 1. The molecule has 0 radical (unpaired) electrons. The summed E-state index contributed by atoms with van der Waals surface area (Å²) in [6, 6.07) is 17.4. The summed E-state index contributed by atoms with van der Waals surface area (Å²) >= 11 is 0. The number of benzene rings is 2. The Morgan fingerprint density at radius 2 is 1.59 bits per heavy atom. The van der Waals surface area contributed by atoms with Gasteiger partial charge in [-0.05, 0) is 49.1 Å². The number of unbranched alkanes of at least 4 members (excludes halogenated alkanes) is 3. The number of aryl methyl sites for hydroxylation is 1. The van der Waals surface area contributed by atoms with Gasteiger partial charge in [0.05, 0.1) is 13.0 Å². The van der Waals surface area contributed by atoms with Gasteiger partial charge >= 0.3 is 5.97 Å². The maximum absolute atomic E-state index is 11.9. The van der Waals surface area contributed by atoms with Crippen LogP contribution in [0.25, 0.3) is 0 Å². The first-order valence-corrected chi connectivity index (χ1v) is 9.42. The molecule has 5 heteroatoms. The lowest BCUT2D eigenvalue weighted by molar-refractivity contribution is -0.136. The molecule has 144 valence electrons. The Hall–Kier alpha value is -2.82. The summed E-state index contributed by atoms with van der Waals surface area (Å²) < 4.78 is 5.68. The second-order valence-corrected chi connectivity index (χ2v) is 6.42. The number of rotatable bonds is 12. The lowest BCUT2D eigenvalue weighted by Gasteiger charge is -2.07. The largest absolute Gasteiger partial charge is 0.494 e. The van der Waals surface area contributed by atoms with Gasteiger partial charge in [-0.15, -0.1) is 0 Å². The predicted octanol–water partition coefficient (Wildman–Crippen LogP) is 4.07. The monoisotopic (exact) mass is 369 g/mol. The van der Waals surface area contributed by atoms with Gasteiger partial charge in [-0.1, -0.05) is 43.2 Å². The van der Waals surface area contributed by atoms with E-state index in [1.165, 1.54) is 5.56 Å². The van der Waals surface area contributed by atoms with Crippen LogP contribution < -0.4 is 10.1 Å². The fraction of sp³-hybridized carbons (Fsp3) is 0.364. The normalized spacial score (nSPS) is 10.4. The van der Waals surface area contributed by atoms with Crippen molar-refractivity contribution in [2.75, 3.05) is 13.2 Å². The maximum Gasteiger partial charge on any atom is 0.305 e. The average molecular weight is 369 g/mol. The van der Waals surface area contributed by atoms with E-state index >= 15 is 0 Å². The van der Waals surface area contributed by atoms with E-state index in [0.717, 1.165) is 44.5 Å². The first kappa shape index (κ1) is 20.5. The molecule has 5 nitrogen and oxygen atoms in total. The molecule has 0 unspecified atom stereocenters. The van der Waals surface area contributed by atoms with E-state index in [1.54, 1.807) is 12.1 Å². The van der Waals surface area contributed by atoms with Crippen LogP contribution in [0.3, 0.4) is 0 Å². The number of carboxylic acids is 1. The van der Waals surface area contributed by atoms with Crippen molar-refractivity contribution in [1.29, 1.82) is 0 Å². The molecule has 0 aliphatic rings. The van der Waals surface area contributed by atoms with Crippen LogP contribution in [0.15, 0.2) is 54.6 Å². The van der Waals surface area contributed by atoms with Gasteiger partial charge in [0, 0.05) is 12.1 Å². The van der Waals surface area contributed by atoms with Crippen LogP contribution in [0.5, 0.6) is 5.75 Å². The topological polar surface area (TPSA) is 75.6 Å². The maximum atomic E-state index is 11.9. The predicted molar refractivity (Wildman–Crippen MR) is 105 cm³/mol. The van der Waals surface area contributed by atoms with E-state index in [9.17, 15) is 9.59 Å². The van der Waals surface area contributed by atoms with Crippen molar-refractivity contribution in [2.24, 2.45) is 0 Å². The van der Waals surface area contributed by atoms with Crippen LogP contribution in [0.1, 0.15) is 48.0 Å². The molecule has 0 aliphatic heterocycles. The molecule has 0 atom stereocenters. The van der Waals surface area contributed by atoms with Gasteiger partial charge in [0.15, 0.2) is 0 Å². The number of ether oxygens (including phenoxy) is 1. The molecule has 27 heavy (non-hydrogen) atoms. The Labute approximate surface area is 160 Å². The van der Waals surface area contributed by atoms with Gasteiger partial charge in [0.2, 0.25) is 0 Å². The molecule has 0 heterocycles. The molecule has 0 aromatic heterocycles. The lowest BCUT2D eigenvalue weighted by Crippen LogP contribution is -2.25. The summed E-state index contributed by atoms with van der Waals surface area (Å²) in [5, 5.41) is 11.2. The van der Waals surface area contributed by atoms with Crippen molar-refractivity contribution in [1.82, 2.24) is 5.32 Å². The van der Waals surface area contributed by atoms with Crippen LogP contribution in [0.4, 0.5) is 0 Å². The summed E-state index contributed by atoms with van der Waals surface area (Å²) in [6.45, 7) is 0.888. The molecule has 0 saturated heterocycles. The molecule has 0 bridgehead atoms. The molecule has 2 aromatic rings. The highest BCUT2D eigenvalue weighted by Crippen LogP contribution is 2.12. The zero-order chi connectivity index (χ0) is 19.3. The van der Waals surface area contributed by atoms with Gasteiger partial charge in [0.1, 0.15) is 5.75 Å². The van der Waals surface area contributed by atoms with Gasteiger partial charge in [-0.25, -0.2) is 0 Å². The highest BCUT2D eigenvalue weighted by atomic mass is 16.5. The minimum atomic E-state index is -0.919. The molecule has 0 saturated carbocycles. The highest BCUT2D eigenvalue weighted by molar-refractivity contribution is 5.94. The lowest BCUT2D eigenvalue weighted by atomic mass is 10.0. The van der Waals surface area contributed by atoms with Gasteiger partial charge in [-0.2, -0.15) is 0 Å². The highest BCUT2D eigenvalue weighted by Gasteiger charge is 2.06. The Morgan fingerprint density at radius 3 is 2.30 bits per heavy atom. The Balaban J connectivity index is 1.57. The summed E-state index contributed by atoms with van der Waals surface area (Å²) in [5.74, 6) is -0.233. The molecule has 1 amide bonds. The second-order valence-electron chi connectivity index (χ2n) is 6.42. The molecule has 2 aromatic carbocycles. The quantitative estimate of drug-likeness (QED) is 0.553. The number of aliphatic carboxylic acids is 1. The fourth-order valence-corrected chi connectivity index (χ4v) is 2.70. The van der Waals surface area contributed by atoms with Crippen molar-refractivity contribution in [3.8, 4) is 5.75 Å². The molecule has 2 N–H and O–H groups in total. The van der Waals surface area contributed by atoms with E-state index in [4.69, 9.17) is 9.84 Å². The van der Waals surface area contributed by atoms with Crippen molar-refractivity contribution >= 4 is 11.9 Å². The SMILES string of the molecule is O=C(O)CCNC(=O)c1ccc(CCCCCCOc2ccccc2)cc1. The summed E-state index contributed by atoms with van der Waals surface area (Å²) in [6.07, 6.45) is 5.35. The van der Waals surface area contributed by atoms with Crippen LogP contribution in [0, 0.1) is 0 Å². The van der Waals surface area contributed by atoms with Crippen LogP contribution >= 0.6 is 0 Å². The number of amides is 1. The third-order valence-corrected chi connectivity index (χ3v) is 4.21. The number of para-hydroxylation sites is 1. The van der Waals surface area contributed by atoms with Gasteiger partial charge < -0.3 is 15.2 Å². The average Bonchev–Trinajstić information content (AvgIpc) is 2.68. The van der Waals surface area contributed by atoms with E-state index in [-0.39, 0.29) is 18.9 Å². The number of carboxylic acid groups (broad SMARTS) is 1. The Morgan fingerprint density at radius 1 is 0.889 bits per heavy atom. The minimum absolute atomic E-state index is 0.0692. The number of hydrogen-bond acceptors (Lipinski definition) is 3. The Bertz CT molecular complexity index is 698. The molecular weight excluding hydrogens is 342 g/mol. The van der Waals surface area contributed by atoms with E-state index < -0.39 is 5.97 Å². The van der Waals surface area contributed by atoms with Gasteiger partial charge in [-0.3, -0.25) is 9.59 Å². The first-order chi connectivity index (χ1) is 13.1. The van der Waals surface area contributed by atoms with Crippen molar-refractivity contribution in [3.05, 3.63) is 65.7 Å². The standard InChI is InChI=1S/C22H27NO4/c24-21(25)15-16-23-22(26)19-13-11-18(12-14-19)8-4-1-2-7-17-27-20-9-5-3-6-10-20/h3,5-6,9-14H,1-2,4,7-8,15-17H2,(H,23,26)(H,24,25). The van der Waals surface area contributed by atoms with Crippen LogP contribution in [-0.4, -0.2) is 30.1 Å². The molecule has 0 aliphatic carbocycles. The third-order valence-electron chi connectivity index (χ3n) is 4.21. The molecule has 0 fully saturated rings. The van der Waals surface area contributed by atoms with Crippen molar-refractivity contribution in [3.63, 3.8) is 0 Å². The number of hydrogen-bond donors (Lipinski definition) is 2. The first-order valence-electron chi connectivity index (χ1n) is 9.42. The number of carbonyl (C=O) groups is 2. The summed E-state index contributed by atoms with van der Waals surface area (Å²) in [5.41, 5.74) is 1.76. The van der Waals surface area contributed by atoms with Gasteiger partial charge in [0.25, 0.3) is 5.91 Å². The van der Waals surface area contributed by atoms with E-state index in [2.05, 4.69) is 5.32 Å².